The predicted octanol–water partition coefficient (Wildman–Crippen LogP) is 2.12. The van der Waals surface area contributed by atoms with E-state index in [4.69, 9.17) is 10.5 Å². The smallest absolute Gasteiger partial charge is 0.119 e. The molecule has 0 spiro atoms. The summed E-state index contributed by atoms with van der Waals surface area (Å²) in [6.45, 7) is 2.53. The van der Waals surface area contributed by atoms with Crippen LogP contribution in [0.4, 0.5) is 0 Å². The summed E-state index contributed by atoms with van der Waals surface area (Å²) in [6.07, 6.45) is 3.88. The van der Waals surface area contributed by atoms with Crippen LogP contribution in [0.3, 0.4) is 0 Å². The Balaban J connectivity index is 1.73. The first-order chi connectivity index (χ1) is 8.81. The third-order valence-electron chi connectivity index (χ3n) is 3.94. The maximum absolute atomic E-state index is 5.82. The number of hydrogen-bond acceptors (Lipinski definition) is 3. The largest absolute Gasteiger partial charge is 0.492 e. The average molecular weight is 248 g/mol. The summed E-state index contributed by atoms with van der Waals surface area (Å²) in [5.41, 5.74) is 5.82. The van der Waals surface area contributed by atoms with Crippen molar-refractivity contribution in [1.82, 2.24) is 4.90 Å². The molecule has 0 saturated heterocycles. The number of ether oxygens (including phenoxy) is 1. The second kappa shape index (κ2) is 6.76. The Bertz CT molecular complexity index is 342. The van der Waals surface area contributed by atoms with Crippen molar-refractivity contribution in [3.63, 3.8) is 0 Å². The molecule has 1 saturated carbocycles. The van der Waals surface area contributed by atoms with E-state index in [1.165, 1.54) is 19.3 Å². The highest BCUT2D eigenvalue weighted by Gasteiger charge is 2.28. The van der Waals surface area contributed by atoms with Gasteiger partial charge in [-0.15, -0.1) is 0 Å². The Morgan fingerprint density at radius 3 is 2.78 bits per heavy atom. The maximum atomic E-state index is 5.82. The predicted molar refractivity (Wildman–Crippen MR) is 74.8 cm³/mol. The van der Waals surface area contributed by atoms with Gasteiger partial charge < -0.3 is 10.5 Å². The first-order valence-corrected chi connectivity index (χ1v) is 6.89. The summed E-state index contributed by atoms with van der Waals surface area (Å²) in [5, 5.41) is 0. The van der Waals surface area contributed by atoms with E-state index in [1.807, 2.05) is 30.3 Å². The van der Waals surface area contributed by atoms with E-state index in [0.717, 1.165) is 25.4 Å². The molecule has 0 aliphatic heterocycles. The maximum Gasteiger partial charge on any atom is 0.119 e. The molecule has 18 heavy (non-hydrogen) atoms. The fourth-order valence-electron chi connectivity index (χ4n) is 2.86. The summed E-state index contributed by atoms with van der Waals surface area (Å²) in [6, 6.07) is 10.6. The van der Waals surface area contributed by atoms with Crippen molar-refractivity contribution >= 4 is 0 Å². The highest BCUT2D eigenvalue weighted by Crippen LogP contribution is 2.28. The molecule has 1 fully saturated rings. The lowest BCUT2D eigenvalue weighted by Gasteiger charge is -2.28. The van der Waals surface area contributed by atoms with Crippen molar-refractivity contribution < 1.29 is 4.74 Å². The summed E-state index contributed by atoms with van der Waals surface area (Å²) >= 11 is 0. The Hall–Kier alpha value is -1.06. The number of hydrogen-bond donors (Lipinski definition) is 1. The zero-order chi connectivity index (χ0) is 12.8. The van der Waals surface area contributed by atoms with Crippen LogP contribution in [0.5, 0.6) is 5.75 Å². The van der Waals surface area contributed by atoms with Crippen LogP contribution >= 0.6 is 0 Å². The SMILES string of the molecule is CN(CCOc1ccccc1)C1CCCC1CN. The van der Waals surface area contributed by atoms with Crippen LogP contribution in [-0.4, -0.2) is 37.7 Å². The summed E-state index contributed by atoms with van der Waals surface area (Å²) in [5.74, 6) is 1.62. The Morgan fingerprint density at radius 2 is 2.06 bits per heavy atom. The minimum atomic E-state index is 0.648. The van der Waals surface area contributed by atoms with Gasteiger partial charge in [-0.05, 0) is 44.5 Å². The summed E-state index contributed by atoms with van der Waals surface area (Å²) < 4.78 is 5.73. The van der Waals surface area contributed by atoms with Gasteiger partial charge in [-0.1, -0.05) is 24.6 Å². The minimum absolute atomic E-state index is 0.648. The third kappa shape index (κ3) is 3.47. The van der Waals surface area contributed by atoms with Crippen LogP contribution in [0.1, 0.15) is 19.3 Å². The normalized spacial score (nSPS) is 23.5. The molecular formula is C15H24N2O. The quantitative estimate of drug-likeness (QED) is 0.838. The number of rotatable bonds is 6. The van der Waals surface area contributed by atoms with Gasteiger partial charge >= 0.3 is 0 Å². The molecule has 2 rings (SSSR count). The van der Waals surface area contributed by atoms with Crippen LogP contribution in [-0.2, 0) is 0 Å². The van der Waals surface area contributed by atoms with E-state index in [-0.39, 0.29) is 0 Å². The van der Waals surface area contributed by atoms with Gasteiger partial charge in [0, 0.05) is 12.6 Å². The van der Waals surface area contributed by atoms with Gasteiger partial charge in [-0.25, -0.2) is 0 Å². The molecular weight excluding hydrogens is 224 g/mol. The molecule has 2 atom stereocenters. The van der Waals surface area contributed by atoms with Crippen LogP contribution in [0.2, 0.25) is 0 Å². The average Bonchev–Trinajstić information content (AvgIpc) is 2.88. The highest BCUT2D eigenvalue weighted by molar-refractivity contribution is 5.20. The van der Waals surface area contributed by atoms with E-state index >= 15 is 0 Å². The molecule has 100 valence electrons. The van der Waals surface area contributed by atoms with Crippen molar-refractivity contribution in [2.75, 3.05) is 26.7 Å². The van der Waals surface area contributed by atoms with Crippen LogP contribution in [0.15, 0.2) is 30.3 Å². The van der Waals surface area contributed by atoms with Gasteiger partial charge in [0.1, 0.15) is 12.4 Å². The van der Waals surface area contributed by atoms with Crippen molar-refractivity contribution in [1.29, 1.82) is 0 Å². The van der Waals surface area contributed by atoms with Gasteiger partial charge in [0.2, 0.25) is 0 Å². The molecule has 3 heteroatoms. The zero-order valence-corrected chi connectivity index (χ0v) is 11.2. The fourth-order valence-corrected chi connectivity index (χ4v) is 2.86. The zero-order valence-electron chi connectivity index (χ0n) is 11.2. The van der Waals surface area contributed by atoms with E-state index in [1.54, 1.807) is 0 Å². The molecule has 2 N–H and O–H groups in total. The van der Waals surface area contributed by atoms with Crippen LogP contribution < -0.4 is 10.5 Å². The number of nitrogens with two attached hydrogens (primary N) is 1. The summed E-state index contributed by atoms with van der Waals surface area (Å²) in [7, 11) is 2.19. The van der Waals surface area contributed by atoms with E-state index < -0.39 is 0 Å². The van der Waals surface area contributed by atoms with Crippen molar-refractivity contribution in [2.24, 2.45) is 11.7 Å². The monoisotopic (exact) mass is 248 g/mol. The molecule has 0 heterocycles. The van der Waals surface area contributed by atoms with E-state index in [9.17, 15) is 0 Å². The molecule has 1 aliphatic carbocycles. The van der Waals surface area contributed by atoms with Gasteiger partial charge in [-0.3, -0.25) is 4.90 Å². The molecule has 1 aromatic rings. The standard InChI is InChI=1S/C15H24N2O/c1-17(15-9-5-6-13(15)12-16)10-11-18-14-7-3-2-4-8-14/h2-4,7-8,13,15H,5-6,9-12,16H2,1H3. The van der Waals surface area contributed by atoms with Crippen molar-refractivity contribution in [2.45, 2.75) is 25.3 Å². The lowest BCUT2D eigenvalue weighted by molar-refractivity contribution is 0.165. The Morgan fingerprint density at radius 1 is 1.28 bits per heavy atom. The lowest BCUT2D eigenvalue weighted by atomic mass is 10.0. The Labute approximate surface area is 110 Å². The van der Waals surface area contributed by atoms with Gasteiger partial charge in [0.25, 0.3) is 0 Å². The number of nitrogens with zero attached hydrogens (tertiary/aromatic N) is 1. The minimum Gasteiger partial charge on any atom is -0.492 e. The highest BCUT2D eigenvalue weighted by atomic mass is 16.5. The number of para-hydroxylation sites is 1. The lowest BCUT2D eigenvalue weighted by Crippen LogP contribution is -2.39. The van der Waals surface area contributed by atoms with E-state index in [2.05, 4.69) is 11.9 Å². The molecule has 3 nitrogen and oxygen atoms in total. The molecule has 0 aromatic heterocycles. The second-order valence-corrected chi connectivity index (χ2v) is 5.14. The molecule has 2 unspecified atom stereocenters. The molecule has 0 amide bonds. The first-order valence-electron chi connectivity index (χ1n) is 6.89. The summed E-state index contributed by atoms with van der Waals surface area (Å²) in [4.78, 5) is 2.41. The van der Waals surface area contributed by atoms with Gasteiger partial charge in [0.05, 0.1) is 0 Å². The molecule has 1 aromatic carbocycles. The molecule has 1 aliphatic rings. The number of benzene rings is 1. The van der Waals surface area contributed by atoms with Crippen LogP contribution in [0.25, 0.3) is 0 Å². The van der Waals surface area contributed by atoms with E-state index in [0.29, 0.717) is 12.0 Å². The second-order valence-electron chi connectivity index (χ2n) is 5.14. The number of likely N-dealkylation sites (N-methyl/N-ethyl adjacent to an activating group) is 1. The van der Waals surface area contributed by atoms with Crippen molar-refractivity contribution in [3.8, 4) is 5.75 Å². The molecule has 0 bridgehead atoms. The van der Waals surface area contributed by atoms with Gasteiger partial charge in [-0.2, -0.15) is 0 Å². The third-order valence-corrected chi connectivity index (χ3v) is 3.94. The van der Waals surface area contributed by atoms with Crippen LogP contribution in [0, 0.1) is 5.92 Å². The van der Waals surface area contributed by atoms with Gasteiger partial charge in [0.15, 0.2) is 0 Å². The topological polar surface area (TPSA) is 38.5 Å². The Kier molecular flexibility index (Phi) is 5.02. The van der Waals surface area contributed by atoms with Crippen molar-refractivity contribution in [3.05, 3.63) is 30.3 Å². The fraction of sp³-hybridized carbons (Fsp3) is 0.600. The first kappa shape index (κ1) is 13.4. The molecule has 0 radical (unpaired) electrons.